The molecule has 94 valence electrons. The van der Waals surface area contributed by atoms with Gasteiger partial charge in [0, 0.05) is 12.5 Å². The summed E-state index contributed by atoms with van der Waals surface area (Å²) in [6, 6.07) is 0. The zero-order valence-corrected chi connectivity index (χ0v) is 11.2. The van der Waals surface area contributed by atoms with E-state index in [-0.39, 0.29) is 11.7 Å². The van der Waals surface area contributed by atoms with E-state index in [1.165, 1.54) is 11.3 Å². The number of nitrogens with two attached hydrogens (primary N) is 1. The van der Waals surface area contributed by atoms with E-state index >= 15 is 0 Å². The monoisotopic (exact) mass is 254 g/mol. The van der Waals surface area contributed by atoms with Crippen LogP contribution in [0.3, 0.4) is 0 Å². The molecule has 4 nitrogen and oxygen atoms in total. The van der Waals surface area contributed by atoms with Crippen molar-refractivity contribution in [2.45, 2.75) is 13.8 Å². The van der Waals surface area contributed by atoms with Crippen molar-refractivity contribution in [1.82, 2.24) is 0 Å². The van der Waals surface area contributed by atoms with E-state index in [1.54, 1.807) is 13.2 Å². The summed E-state index contributed by atoms with van der Waals surface area (Å²) in [5, 5.41) is 3.88. The number of hydrogen-bond donors (Lipinski definition) is 2. The van der Waals surface area contributed by atoms with Crippen LogP contribution in [0.2, 0.25) is 0 Å². The minimum absolute atomic E-state index is 0.0393. The lowest BCUT2D eigenvalue weighted by Crippen LogP contribution is -2.07. The standard InChI is InChI=1S/C12H18N2O2S/c1-5-6-14-12-10(16-4)8(13)11(17-12)9(15)7(2)3/h5,7,14H,1,6,13H2,2-4H3. The molecular formula is C12H18N2O2S. The molecule has 0 saturated carbocycles. The molecule has 0 amide bonds. The van der Waals surface area contributed by atoms with Crippen LogP contribution in [0.15, 0.2) is 12.7 Å². The minimum Gasteiger partial charge on any atom is -0.492 e. The molecule has 1 aromatic heterocycles. The lowest BCUT2D eigenvalue weighted by Gasteiger charge is -2.04. The van der Waals surface area contributed by atoms with Gasteiger partial charge in [0.15, 0.2) is 11.5 Å². The summed E-state index contributed by atoms with van der Waals surface area (Å²) < 4.78 is 5.22. The fourth-order valence-electron chi connectivity index (χ4n) is 1.36. The van der Waals surface area contributed by atoms with Crippen molar-refractivity contribution in [2.75, 3.05) is 24.7 Å². The van der Waals surface area contributed by atoms with Crippen molar-refractivity contribution < 1.29 is 9.53 Å². The molecular weight excluding hydrogens is 236 g/mol. The number of ketones is 1. The summed E-state index contributed by atoms with van der Waals surface area (Å²) in [7, 11) is 1.54. The minimum atomic E-state index is -0.0760. The largest absolute Gasteiger partial charge is 0.492 e. The van der Waals surface area contributed by atoms with Crippen LogP contribution >= 0.6 is 11.3 Å². The van der Waals surface area contributed by atoms with E-state index < -0.39 is 0 Å². The highest BCUT2D eigenvalue weighted by Crippen LogP contribution is 2.43. The third-order valence-corrected chi connectivity index (χ3v) is 3.42. The number of methoxy groups -OCH3 is 1. The van der Waals surface area contributed by atoms with E-state index in [2.05, 4.69) is 11.9 Å². The lowest BCUT2D eigenvalue weighted by atomic mass is 10.1. The first kappa shape index (κ1) is 13.6. The summed E-state index contributed by atoms with van der Waals surface area (Å²) in [6.07, 6.45) is 1.74. The second-order valence-electron chi connectivity index (χ2n) is 3.90. The Hall–Kier alpha value is -1.49. The van der Waals surface area contributed by atoms with E-state index in [0.717, 1.165) is 5.00 Å². The summed E-state index contributed by atoms with van der Waals surface area (Å²) in [6.45, 7) is 7.93. The molecule has 0 aliphatic heterocycles. The Labute approximate surface area is 105 Å². The highest BCUT2D eigenvalue weighted by Gasteiger charge is 2.23. The van der Waals surface area contributed by atoms with E-state index in [9.17, 15) is 4.79 Å². The van der Waals surface area contributed by atoms with Crippen molar-refractivity contribution in [3.05, 3.63) is 17.5 Å². The Morgan fingerprint density at radius 2 is 2.29 bits per heavy atom. The van der Waals surface area contributed by atoms with Crippen molar-refractivity contribution >= 4 is 27.8 Å². The van der Waals surface area contributed by atoms with Gasteiger partial charge in [-0.2, -0.15) is 0 Å². The Morgan fingerprint density at radius 3 is 2.76 bits per heavy atom. The van der Waals surface area contributed by atoms with Crippen LogP contribution in [0, 0.1) is 5.92 Å². The zero-order chi connectivity index (χ0) is 13.0. The number of Topliss-reactive ketones (excluding diaryl/α,β-unsaturated/α-hetero) is 1. The summed E-state index contributed by atoms with van der Waals surface area (Å²) in [4.78, 5) is 12.5. The van der Waals surface area contributed by atoms with Crippen LogP contribution in [0.25, 0.3) is 0 Å². The van der Waals surface area contributed by atoms with E-state index in [0.29, 0.717) is 22.9 Å². The molecule has 0 bridgehead atoms. The van der Waals surface area contributed by atoms with Crippen molar-refractivity contribution in [1.29, 1.82) is 0 Å². The van der Waals surface area contributed by atoms with Gasteiger partial charge in [-0.3, -0.25) is 4.79 Å². The molecule has 17 heavy (non-hydrogen) atoms. The number of ether oxygens (including phenoxy) is 1. The highest BCUT2D eigenvalue weighted by atomic mass is 32.1. The molecule has 0 spiro atoms. The van der Waals surface area contributed by atoms with Gasteiger partial charge in [0.05, 0.1) is 17.7 Å². The number of carbonyl (C=O) groups is 1. The molecule has 0 radical (unpaired) electrons. The molecule has 0 saturated heterocycles. The number of nitrogen functional groups attached to an aromatic ring is 1. The van der Waals surface area contributed by atoms with Gasteiger partial charge in [0.25, 0.3) is 0 Å². The number of hydrogen-bond acceptors (Lipinski definition) is 5. The number of anilines is 2. The van der Waals surface area contributed by atoms with Crippen LogP contribution in [0.1, 0.15) is 23.5 Å². The SMILES string of the molecule is C=CCNc1sc(C(=O)C(C)C)c(N)c1OC. The number of carbonyl (C=O) groups excluding carboxylic acids is 1. The van der Waals surface area contributed by atoms with Gasteiger partial charge in [-0.1, -0.05) is 19.9 Å². The third-order valence-electron chi connectivity index (χ3n) is 2.26. The van der Waals surface area contributed by atoms with Crippen molar-refractivity contribution in [3.8, 4) is 5.75 Å². The first-order valence-corrected chi connectivity index (χ1v) is 6.19. The highest BCUT2D eigenvalue weighted by molar-refractivity contribution is 7.19. The summed E-state index contributed by atoms with van der Waals surface area (Å²) >= 11 is 1.33. The Kier molecular flexibility index (Phi) is 4.57. The fourth-order valence-corrected chi connectivity index (χ4v) is 2.54. The van der Waals surface area contributed by atoms with Crippen LogP contribution in [-0.4, -0.2) is 19.4 Å². The van der Waals surface area contributed by atoms with Crippen LogP contribution < -0.4 is 15.8 Å². The maximum Gasteiger partial charge on any atom is 0.177 e. The van der Waals surface area contributed by atoms with Gasteiger partial charge in [0.1, 0.15) is 5.00 Å². The molecule has 1 heterocycles. The molecule has 3 N–H and O–H groups in total. The molecule has 0 atom stereocenters. The second kappa shape index (κ2) is 5.72. The molecule has 1 aromatic rings. The topological polar surface area (TPSA) is 64.4 Å². The van der Waals surface area contributed by atoms with Crippen LogP contribution in [0.5, 0.6) is 5.75 Å². The van der Waals surface area contributed by atoms with Gasteiger partial charge >= 0.3 is 0 Å². The summed E-state index contributed by atoms with van der Waals surface area (Å²) in [5.41, 5.74) is 6.34. The van der Waals surface area contributed by atoms with Gasteiger partial charge in [0.2, 0.25) is 0 Å². The molecule has 0 fully saturated rings. The number of rotatable bonds is 6. The fraction of sp³-hybridized carbons (Fsp3) is 0.417. The Morgan fingerprint density at radius 1 is 1.65 bits per heavy atom. The van der Waals surface area contributed by atoms with E-state index in [1.807, 2.05) is 13.8 Å². The summed E-state index contributed by atoms with van der Waals surface area (Å²) in [5.74, 6) is 0.506. The van der Waals surface area contributed by atoms with Crippen molar-refractivity contribution in [3.63, 3.8) is 0 Å². The van der Waals surface area contributed by atoms with Gasteiger partial charge in [-0.05, 0) is 0 Å². The number of thiophene rings is 1. The molecule has 5 heteroatoms. The van der Waals surface area contributed by atoms with Gasteiger partial charge in [-0.25, -0.2) is 0 Å². The maximum atomic E-state index is 11.9. The normalized spacial score (nSPS) is 10.4. The maximum absolute atomic E-state index is 11.9. The first-order chi connectivity index (χ1) is 8.02. The smallest absolute Gasteiger partial charge is 0.177 e. The molecule has 0 aromatic carbocycles. The van der Waals surface area contributed by atoms with Crippen LogP contribution in [-0.2, 0) is 0 Å². The molecule has 0 aliphatic carbocycles. The molecule has 0 unspecified atom stereocenters. The lowest BCUT2D eigenvalue weighted by molar-refractivity contribution is 0.0944. The second-order valence-corrected chi connectivity index (χ2v) is 4.92. The Balaban J connectivity index is 3.12. The van der Waals surface area contributed by atoms with Crippen LogP contribution in [0.4, 0.5) is 10.7 Å². The van der Waals surface area contributed by atoms with Gasteiger partial charge in [-0.15, -0.1) is 17.9 Å². The zero-order valence-electron chi connectivity index (χ0n) is 10.4. The predicted octanol–water partition coefficient (Wildman–Crippen LogP) is 2.78. The number of nitrogens with one attached hydrogen (secondary N) is 1. The average Bonchev–Trinajstić information content (AvgIpc) is 2.61. The Bertz CT molecular complexity index is 424. The third kappa shape index (κ3) is 2.79. The first-order valence-electron chi connectivity index (χ1n) is 5.38. The van der Waals surface area contributed by atoms with Crippen molar-refractivity contribution in [2.24, 2.45) is 5.92 Å². The quantitative estimate of drug-likeness (QED) is 0.605. The molecule has 0 aliphatic rings. The van der Waals surface area contributed by atoms with Gasteiger partial charge < -0.3 is 15.8 Å². The predicted molar refractivity (Wildman–Crippen MR) is 73.1 cm³/mol. The van der Waals surface area contributed by atoms with E-state index in [4.69, 9.17) is 10.5 Å². The molecule has 1 rings (SSSR count). The average molecular weight is 254 g/mol.